The number of aromatic nitrogens is 1. The van der Waals surface area contributed by atoms with Crippen LogP contribution in [0.1, 0.15) is 23.9 Å². The summed E-state index contributed by atoms with van der Waals surface area (Å²) in [6.07, 6.45) is 0. The van der Waals surface area contributed by atoms with E-state index in [0.29, 0.717) is 5.71 Å². The number of hydrogen-bond donors (Lipinski definition) is 2. The second-order valence-electron chi connectivity index (χ2n) is 4.81. The second kappa shape index (κ2) is 6.26. The molecule has 21 heavy (non-hydrogen) atoms. The Morgan fingerprint density at radius 1 is 1.29 bits per heavy atom. The van der Waals surface area contributed by atoms with E-state index in [1.165, 1.54) is 0 Å². The highest BCUT2D eigenvalue weighted by Gasteiger charge is 2.12. The number of anilines is 2. The first-order valence-corrected chi connectivity index (χ1v) is 6.63. The quantitative estimate of drug-likeness (QED) is 0.511. The molecule has 0 bridgehead atoms. The van der Waals surface area contributed by atoms with Gasteiger partial charge >= 0.3 is 0 Å². The van der Waals surface area contributed by atoms with Crippen LogP contribution in [-0.4, -0.2) is 23.0 Å². The van der Waals surface area contributed by atoms with Gasteiger partial charge < -0.3 is 15.3 Å². The molecule has 0 saturated heterocycles. The third-order valence-corrected chi connectivity index (χ3v) is 3.19. The van der Waals surface area contributed by atoms with Crippen LogP contribution in [0, 0.1) is 13.8 Å². The summed E-state index contributed by atoms with van der Waals surface area (Å²) in [5, 5.41) is 15.7. The van der Waals surface area contributed by atoms with E-state index >= 15 is 0 Å². The van der Waals surface area contributed by atoms with Gasteiger partial charge in [0.2, 0.25) is 0 Å². The van der Waals surface area contributed by atoms with Crippen LogP contribution in [0.2, 0.25) is 0 Å². The molecular weight excluding hydrogens is 266 g/mol. The van der Waals surface area contributed by atoms with Gasteiger partial charge in [-0.05, 0) is 39.0 Å². The molecular formula is C16H19N3O2. The van der Waals surface area contributed by atoms with Crippen LogP contribution in [0.3, 0.4) is 0 Å². The maximum atomic E-state index is 9.07. The highest BCUT2D eigenvalue weighted by molar-refractivity contribution is 6.04. The first kappa shape index (κ1) is 14.8. The fourth-order valence-electron chi connectivity index (χ4n) is 2.29. The number of ether oxygens (including phenoxy) is 1. The summed E-state index contributed by atoms with van der Waals surface area (Å²) in [4.78, 5) is 4.42. The van der Waals surface area contributed by atoms with Gasteiger partial charge in [-0.3, -0.25) is 4.98 Å². The monoisotopic (exact) mass is 285 g/mol. The first-order chi connectivity index (χ1) is 10.0. The Hall–Kier alpha value is -2.56. The third-order valence-electron chi connectivity index (χ3n) is 3.19. The van der Waals surface area contributed by atoms with Crippen molar-refractivity contribution in [2.45, 2.75) is 20.8 Å². The van der Waals surface area contributed by atoms with Gasteiger partial charge in [-0.1, -0.05) is 11.2 Å². The summed E-state index contributed by atoms with van der Waals surface area (Å²) in [7, 11) is 1.63. The molecule has 0 aliphatic rings. The van der Waals surface area contributed by atoms with Crippen molar-refractivity contribution >= 4 is 17.1 Å². The Bertz CT molecular complexity index is 681. The molecule has 0 atom stereocenters. The molecule has 110 valence electrons. The average Bonchev–Trinajstić information content (AvgIpc) is 2.46. The van der Waals surface area contributed by atoms with Gasteiger partial charge in [-0.15, -0.1) is 0 Å². The Balaban J connectivity index is 2.47. The van der Waals surface area contributed by atoms with Gasteiger partial charge in [-0.25, -0.2) is 0 Å². The molecule has 1 aromatic heterocycles. The normalized spacial score (nSPS) is 11.3. The Kier molecular flexibility index (Phi) is 4.42. The summed E-state index contributed by atoms with van der Waals surface area (Å²) >= 11 is 0. The SMILES string of the molecule is COc1cccc(Nc2cc(C)nc(C)c2/C(C)=N\O)c1. The average molecular weight is 285 g/mol. The molecule has 2 aromatic rings. The lowest BCUT2D eigenvalue weighted by molar-refractivity contribution is 0.319. The standard InChI is InChI=1S/C16H19N3O2/c1-10-8-15(16(11(2)17-10)12(3)19-20)18-13-6-5-7-14(9-13)21-4/h5-9,20H,1-4H3,(H,17,18)/b19-12-. The van der Waals surface area contributed by atoms with Crippen LogP contribution in [0.4, 0.5) is 11.4 Å². The van der Waals surface area contributed by atoms with E-state index in [1.54, 1.807) is 14.0 Å². The van der Waals surface area contributed by atoms with Gasteiger partial charge in [0.25, 0.3) is 0 Å². The number of nitrogens with zero attached hydrogens (tertiary/aromatic N) is 2. The minimum atomic E-state index is 0.519. The zero-order valence-corrected chi connectivity index (χ0v) is 12.6. The largest absolute Gasteiger partial charge is 0.497 e. The molecule has 2 rings (SSSR count). The molecule has 0 amide bonds. The molecule has 0 unspecified atom stereocenters. The lowest BCUT2D eigenvalue weighted by atomic mass is 10.1. The van der Waals surface area contributed by atoms with E-state index in [9.17, 15) is 0 Å². The Morgan fingerprint density at radius 2 is 2.05 bits per heavy atom. The highest BCUT2D eigenvalue weighted by atomic mass is 16.5. The maximum absolute atomic E-state index is 9.07. The molecule has 5 heteroatoms. The van der Waals surface area contributed by atoms with Crippen LogP contribution < -0.4 is 10.1 Å². The zero-order chi connectivity index (χ0) is 15.4. The molecule has 1 aromatic carbocycles. The van der Waals surface area contributed by atoms with E-state index in [2.05, 4.69) is 15.5 Å². The fourth-order valence-corrected chi connectivity index (χ4v) is 2.29. The fraction of sp³-hybridized carbons (Fsp3) is 0.250. The van der Waals surface area contributed by atoms with Crippen LogP contribution in [-0.2, 0) is 0 Å². The van der Waals surface area contributed by atoms with Crippen molar-refractivity contribution in [2.24, 2.45) is 5.16 Å². The smallest absolute Gasteiger partial charge is 0.120 e. The summed E-state index contributed by atoms with van der Waals surface area (Å²) in [6, 6.07) is 9.57. The van der Waals surface area contributed by atoms with Crippen molar-refractivity contribution < 1.29 is 9.94 Å². The summed E-state index contributed by atoms with van der Waals surface area (Å²) in [5.74, 6) is 0.775. The van der Waals surface area contributed by atoms with Crippen molar-refractivity contribution in [3.8, 4) is 5.75 Å². The van der Waals surface area contributed by atoms with E-state index in [4.69, 9.17) is 9.94 Å². The van der Waals surface area contributed by atoms with E-state index in [-0.39, 0.29) is 0 Å². The van der Waals surface area contributed by atoms with E-state index < -0.39 is 0 Å². The molecule has 0 saturated carbocycles. The zero-order valence-electron chi connectivity index (χ0n) is 12.6. The molecule has 1 heterocycles. The predicted octanol–water partition coefficient (Wildman–Crippen LogP) is 3.65. The number of oxime groups is 1. The Labute approximate surface area is 124 Å². The van der Waals surface area contributed by atoms with Crippen LogP contribution >= 0.6 is 0 Å². The first-order valence-electron chi connectivity index (χ1n) is 6.63. The molecule has 2 N–H and O–H groups in total. The number of hydrogen-bond acceptors (Lipinski definition) is 5. The third kappa shape index (κ3) is 3.31. The summed E-state index contributed by atoms with van der Waals surface area (Å²) in [6.45, 7) is 5.57. The lowest BCUT2D eigenvalue weighted by Crippen LogP contribution is -2.07. The van der Waals surface area contributed by atoms with Crippen molar-refractivity contribution in [3.05, 3.63) is 47.3 Å². The molecule has 5 nitrogen and oxygen atoms in total. The van der Waals surface area contributed by atoms with Gasteiger partial charge in [0.15, 0.2) is 0 Å². The second-order valence-corrected chi connectivity index (χ2v) is 4.81. The highest BCUT2D eigenvalue weighted by Crippen LogP contribution is 2.26. The van der Waals surface area contributed by atoms with Crippen molar-refractivity contribution in [3.63, 3.8) is 0 Å². The number of pyridine rings is 1. The van der Waals surface area contributed by atoms with Crippen molar-refractivity contribution in [2.75, 3.05) is 12.4 Å². The minimum Gasteiger partial charge on any atom is -0.497 e. The van der Waals surface area contributed by atoms with Crippen LogP contribution in [0.25, 0.3) is 0 Å². The number of benzene rings is 1. The number of rotatable bonds is 4. The van der Waals surface area contributed by atoms with Gasteiger partial charge in [0.05, 0.1) is 18.5 Å². The number of methoxy groups -OCH3 is 1. The topological polar surface area (TPSA) is 66.7 Å². The molecule has 0 spiro atoms. The van der Waals surface area contributed by atoms with Crippen molar-refractivity contribution in [1.29, 1.82) is 0 Å². The minimum absolute atomic E-state index is 0.519. The maximum Gasteiger partial charge on any atom is 0.120 e. The van der Waals surface area contributed by atoms with Gasteiger partial charge in [0.1, 0.15) is 5.75 Å². The van der Waals surface area contributed by atoms with E-state index in [1.807, 2.05) is 44.2 Å². The predicted molar refractivity (Wildman–Crippen MR) is 84.0 cm³/mol. The number of nitrogens with one attached hydrogen (secondary N) is 1. The lowest BCUT2D eigenvalue weighted by Gasteiger charge is -2.15. The van der Waals surface area contributed by atoms with Crippen LogP contribution in [0.5, 0.6) is 5.75 Å². The number of aryl methyl sites for hydroxylation is 2. The summed E-state index contributed by atoms with van der Waals surface area (Å²) < 4.78 is 5.22. The van der Waals surface area contributed by atoms with Gasteiger partial charge in [-0.2, -0.15) is 0 Å². The van der Waals surface area contributed by atoms with Gasteiger partial charge in [0, 0.05) is 28.7 Å². The van der Waals surface area contributed by atoms with E-state index in [0.717, 1.165) is 34.1 Å². The molecule has 0 aliphatic heterocycles. The van der Waals surface area contributed by atoms with Crippen LogP contribution in [0.15, 0.2) is 35.5 Å². The Morgan fingerprint density at radius 3 is 2.71 bits per heavy atom. The molecule has 0 radical (unpaired) electrons. The van der Waals surface area contributed by atoms with Crippen molar-refractivity contribution in [1.82, 2.24) is 4.98 Å². The summed E-state index contributed by atoms with van der Waals surface area (Å²) in [5.41, 5.74) is 4.77. The molecule has 0 fully saturated rings. The molecule has 0 aliphatic carbocycles.